The molecule has 0 bridgehead atoms. The fourth-order valence-corrected chi connectivity index (χ4v) is 3.88. The first-order valence-electron chi connectivity index (χ1n) is 11.8. The lowest BCUT2D eigenvalue weighted by Crippen LogP contribution is -2.22. The molecule has 2 aromatic carbocycles. The van der Waals surface area contributed by atoms with Crippen molar-refractivity contribution >= 4 is 56.8 Å². The average molecular weight is 588 g/mol. The van der Waals surface area contributed by atoms with Crippen LogP contribution in [-0.4, -0.2) is 59.7 Å². The lowest BCUT2D eigenvalue weighted by molar-refractivity contribution is -0.109. The Bertz CT molecular complexity index is 1090. The van der Waals surface area contributed by atoms with Crippen molar-refractivity contribution in [3.63, 3.8) is 0 Å². The summed E-state index contributed by atoms with van der Waals surface area (Å²) in [4.78, 5) is 19.5. The van der Waals surface area contributed by atoms with Crippen molar-refractivity contribution in [2.75, 3.05) is 54.1 Å². The van der Waals surface area contributed by atoms with Crippen LogP contribution < -0.4 is 16.0 Å². The summed E-state index contributed by atoms with van der Waals surface area (Å²) in [6.45, 7) is 4.46. The normalized spacial score (nSPS) is 14.9. The Labute approximate surface area is 221 Å². The predicted octanol–water partition coefficient (Wildman–Crippen LogP) is 5.77. The SMILES string of the molecule is CC1=C(O)C(Nc2ccc(NCCCI)cc2)=CC(=Nc2ccc(NCCCN(C)C)cc2)C1=O. The predicted molar refractivity (Wildman–Crippen MR) is 156 cm³/mol. The number of allylic oxidation sites excluding steroid dienone is 2. The van der Waals surface area contributed by atoms with Gasteiger partial charge in [-0.1, -0.05) is 22.6 Å². The van der Waals surface area contributed by atoms with Gasteiger partial charge in [0.1, 0.15) is 11.5 Å². The molecule has 8 heteroatoms. The molecule has 4 N–H and O–H groups in total. The van der Waals surface area contributed by atoms with Gasteiger partial charge in [-0.25, -0.2) is 4.99 Å². The molecule has 186 valence electrons. The maximum absolute atomic E-state index is 12.8. The number of aliphatic imine (C=N–C) groups is 1. The number of halogens is 1. The summed E-state index contributed by atoms with van der Waals surface area (Å²) in [5.74, 6) is -0.343. The second kappa shape index (κ2) is 13.3. The molecular weight excluding hydrogens is 553 g/mol. The van der Waals surface area contributed by atoms with E-state index in [1.807, 2.05) is 48.5 Å². The summed E-state index contributed by atoms with van der Waals surface area (Å²) in [6.07, 6.45) is 3.77. The fourth-order valence-electron chi connectivity index (χ4n) is 3.50. The highest BCUT2D eigenvalue weighted by Crippen LogP contribution is 2.25. The van der Waals surface area contributed by atoms with E-state index in [1.54, 1.807) is 13.0 Å². The molecule has 0 aromatic heterocycles. The van der Waals surface area contributed by atoms with Gasteiger partial charge in [-0.3, -0.25) is 4.79 Å². The standard InChI is InChI=1S/C27H34IN5O2/c1-19-26(34)24(31-22-10-6-20(7-11-22)29-15-4-14-28)18-25(27(19)35)32-23-12-8-21(9-13-23)30-16-5-17-33(2)3/h6-13,18,29-31,34H,4-5,14-17H2,1-3H3. The van der Waals surface area contributed by atoms with E-state index in [0.29, 0.717) is 11.4 Å². The first-order valence-corrected chi connectivity index (χ1v) is 13.3. The molecule has 35 heavy (non-hydrogen) atoms. The van der Waals surface area contributed by atoms with E-state index in [2.05, 4.69) is 62.5 Å². The number of aliphatic hydroxyl groups excluding tert-OH is 1. The number of nitrogens with one attached hydrogen (secondary N) is 3. The number of hydrogen-bond acceptors (Lipinski definition) is 7. The molecule has 2 aromatic rings. The second-order valence-electron chi connectivity index (χ2n) is 8.66. The number of anilines is 3. The van der Waals surface area contributed by atoms with E-state index in [9.17, 15) is 9.90 Å². The molecule has 0 amide bonds. The number of aliphatic hydroxyl groups is 1. The van der Waals surface area contributed by atoms with Crippen molar-refractivity contribution in [1.29, 1.82) is 0 Å². The van der Waals surface area contributed by atoms with Crippen molar-refractivity contribution in [3.8, 4) is 0 Å². The van der Waals surface area contributed by atoms with Gasteiger partial charge in [0.05, 0.1) is 11.4 Å². The minimum atomic E-state index is -0.284. The van der Waals surface area contributed by atoms with Gasteiger partial charge in [-0.15, -0.1) is 0 Å². The molecule has 1 aliphatic rings. The largest absolute Gasteiger partial charge is 0.505 e. The van der Waals surface area contributed by atoms with Crippen molar-refractivity contribution in [1.82, 2.24) is 4.90 Å². The third kappa shape index (κ3) is 8.10. The van der Waals surface area contributed by atoms with Gasteiger partial charge < -0.3 is 26.0 Å². The van der Waals surface area contributed by atoms with Crippen LogP contribution in [0, 0.1) is 0 Å². The summed E-state index contributed by atoms with van der Waals surface area (Å²) < 4.78 is 1.12. The van der Waals surface area contributed by atoms with Crippen LogP contribution in [0.3, 0.4) is 0 Å². The van der Waals surface area contributed by atoms with Gasteiger partial charge in [-0.2, -0.15) is 0 Å². The van der Waals surface area contributed by atoms with Gasteiger partial charge in [-0.05, 0) is 95.0 Å². The van der Waals surface area contributed by atoms with Crippen molar-refractivity contribution in [2.45, 2.75) is 19.8 Å². The Balaban J connectivity index is 1.69. The minimum absolute atomic E-state index is 0.0598. The molecule has 0 heterocycles. The van der Waals surface area contributed by atoms with Crippen molar-refractivity contribution in [2.24, 2.45) is 4.99 Å². The molecule has 0 saturated carbocycles. The van der Waals surface area contributed by atoms with Crippen LogP contribution in [0.1, 0.15) is 19.8 Å². The highest BCUT2D eigenvalue weighted by Gasteiger charge is 2.24. The Morgan fingerprint density at radius 3 is 2.09 bits per heavy atom. The quantitative estimate of drug-likeness (QED) is 0.109. The molecule has 0 spiro atoms. The second-order valence-corrected chi connectivity index (χ2v) is 9.74. The Hall–Kier alpha value is -2.85. The van der Waals surface area contributed by atoms with E-state index in [4.69, 9.17) is 0 Å². The van der Waals surface area contributed by atoms with Crippen molar-refractivity contribution in [3.05, 3.63) is 71.6 Å². The van der Waals surface area contributed by atoms with Crippen LogP contribution in [0.2, 0.25) is 0 Å². The number of benzene rings is 2. The van der Waals surface area contributed by atoms with Crippen LogP contribution >= 0.6 is 22.6 Å². The fraction of sp³-hybridized carbons (Fsp3) is 0.333. The summed E-state index contributed by atoms with van der Waals surface area (Å²) in [7, 11) is 4.13. The first kappa shape index (κ1) is 26.7. The molecule has 1 aliphatic carbocycles. The van der Waals surface area contributed by atoms with E-state index < -0.39 is 0 Å². The lowest BCUT2D eigenvalue weighted by atomic mass is 9.99. The molecule has 3 rings (SSSR count). The average Bonchev–Trinajstić information content (AvgIpc) is 2.85. The smallest absolute Gasteiger partial charge is 0.210 e. The molecular formula is C27H34IN5O2. The maximum Gasteiger partial charge on any atom is 0.210 e. The highest BCUT2D eigenvalue weighted by atomic mass is 127. The summed E-state index contributed by atoms with van der Waals surface area (Å²) >= 11 is 2.37. The first-order chi connectivity index (χ1) is 16.9. The van der Waals surface area contributed by atoms with Gasteiger partial charge >= 0.3 is 0 Å². The number of carbonyl (C=O) groups excluding carboxylic acids is 1. The van der Waals surface area contributed by atoms with Crippen LogP contribution in [0.15, 0.2) is 76.6 Å². The number of alkyl halides is 1. The van der Waals surface area contributed by atoms with Crippen LogP contribution in [-0.2, 0) is 4.79 Å². The Kier molecular flexibility index (Phi) is 10.2. The third-order valence-electron chi connectivity index (χ3n) is 5.50. The number of carbonyl (C=O) groups is 1. The number of hydrogen-bond donors (Lipinski definition) is 4. The number of ketones is 1. The topological polar surface area (TPSA) is 89.0 Å². The molecule has 0 atom stereocenters. The number of Topliss-reactive ketones (excluding diaryl/α,β-unsaturated/α-hetero) is 1. The van der Waals surface area contributed by atoms with E-state index in [0.717, 1.165) is 54.0 Å². The zero-order valence-corrected chi connectivity index (χ0v) is 22.7. The zero-order valence-electron chi connectivity index (χ0n) is 20.6. The van der Waals surface area contributed by atoms with Crippen molar-refractivity contribution < 1.29 is 9.90 Å². The lowest BCUT2D eigenvalue weighted by Gasteiger charge is -2.18. The van der Waals surface area contributed by atoms with Gasteiger partial charge in [0, 0.05) is 40.2 Å². The third-order valence-corrected chi connectivity index (χ3v) is 6.26. The zero-order chi connectivity index (χ0) is 25.2. The van der Waals surface area contributed by atoms with Crippen LogP contribution in [0.5, 0.6) is 0 Å². The van der Waals surface area contributed by atoms with Gasteiger partial charge in [0.15, 0.2) is 0 Å². The molecule has 7 nitrogen and oxygen atoms in total. The molecule has 0 fully saturated rings. The summed E-state index contributed by atoms with van der Waals surface area (Å²) in [5, 5.41) is 20.6. The Morgan fingerprint density at radius 2 is 1.49 bits per heavy atom. The van der Waals surface area contributed by atoms with E-state index in [1.165, 1.54) is 0 Å². The molecule has 0 unspecified atom stereocenters. The molecule has 0 radical (unpaired) electrons. The highest BCUT2D eigenvalue weighted by molar-refractivity contribution is 14.1. The minimum Gasteiger partial charge on any atom is -0.505 e. The van der Waals surface area contributed by atoms with Crippen LogP contribution in [0.25, 0.3) is 0 Å². The maximum atomic E-state index is 12.8. The van der Waals surface area contributed by atoms with Gasteiger partial charge in [0.25, 0.3) is 0 Å². The summed E-state index contributed by atoms with van der Waals surface area (Å²) in [5.41, 5.74) is 4.55. The number of nitrogens with zero attached hydrogens (tertiary/aromatic N) is 2. The molecule has 0 saturated heterocycles. The monoisotopic (exact) mass is 587 g/mol. The van der Waals surface area contributed by atoms with E-state index in [-0.39, 0.29) is 22.8 Å². The molecule has 0 aliphatic heterocycles. The summed E-state index contributed by atoms with van der Waals surface area (Å²) in [6, 6.07) is 15.5. The van der Waals surface area contributed by atoms with Gasteiger partial charge in [0.2, 0.25) is 5.78 Å². The van der Waals surface area contributed by atoms with E-state index >= 15 is 0 Å². The Morgan fingerprint density at radius 1 is 0.914 bits per heavy atom. The number of rotatable bonds is 12. The van der Waals surface area contributed by atoms with Crippen LogP contribution in [0.4, 0.5) is 22.7 Å².